The van der Waals surface area contributed by atoms with Gasteiger partial charge in [-0.15, -0.1) is 0 Å². The lowest BCUT2D eigenvalue weighted by Gasteiger charge is -2.27. The van der Waals surface area contributed by atoms with E-state index in [4.69, 9.17) is 22.1 Å². The Labute approximate surface area is 135 Å². The summed E-state index contributed by atoms with van der Waals surface area (Å²) in [5.74, 6) is 0. The Morgan fingerprint density at radius 2 is 1.76 bits per heavy atom. The first-order chi connectivity index (χ1) is 10.1. The van der Waals surface area contributed by atoms with Crippen LogP contribution >= 0.6 is 11.6 Å². The van der Waals surface area contributed by atoms with E-state index in [2.05, 4.69) is 20.8 Å². The molecule has 2 N–H and O–H groups in total. The number of nitrogens with two attached hydrogens (primary N) is 1. The average Bonchev–Trinajstić information content (AvgIpc) is 2.49. The molecule has 3 heteroatoms. The van der Waals surface area contributed by atoms with Gasteiger partial charge in [0.25, 0.3) is 0 Å². The van der Waals surface area contributed by atoms with Gasteiger partial charge in [-0.1, -0.05) is 63.3 Å². The molecule has 0 heterocycles. The number of halogens is 1. The minimum absolute atomic E-state index is 0.0178. The van der Waals surface area contributed by atoms with Crippen LogP contribution in [0.25, 0.3) is 0 Å². The topological polar surface area (TPSA) is 35.2 Å². The fourth-order valence-corrected chi connectivity index (χ4v) is 2.60. The Bertz CT molecular complexity index is 379. The largest absolute Gasteiger partial charge is 0.369 e. The summed E-state index contributed by atoms with van der Waals surface area (Å²) < 4.78 is 6.24. The van der Waals surface area contributed by atoms with Crippen LogP contribution in [0.15, 0.2) is 24.3 Å². The van der Waals surface area contributed by atoms with Gasteiger partial charge in [0.05, 0.1) is 12.2 Å². The van der Waals surface area contributed by atoms with E-state index in [-0.39, 0.29) is 18.2 Å². The van der Waals surface area contributed by atoms with Crippen LogP contribution in [-0.2, 0) is 4.74 Å². The fraction of sp³-hybridized carbons (Fsp3) is 0.667. The molecule has 0 aromatic heterocycles. The number of benzene rings is 1. The first-order valence-electron chi connectivity index (χ1n) is 8.25. The molecule has 0 radical (unpaired) electrons. The summed E-state index contributed by atoms with van der Waals surface area (Å²) in [6.45, 7) is 6.48. The fourth-order valence-electron chi connectivity index (χ4n) is 2.47. The number of hydrogen-bond donors (Lipinski definition) is 1. The molecule has 0 spiro atoms. The molecule has 0 saturated carbocycles. The molecule has 0 aliphatic rings. The molecule has 3 atom stereocenters. The van der Waals surface area contributed by atoms with Crippen molar-refractivity contribution in [1.82, 2.24) is 0 Å². The molecule has 1 aromatic carbocycles. The highest BCUT2D eigenvalue weighted by Gasteiger charge is 2.21. The van der Waals surface area contributed by atoms with E-state index in [0.717, 1.165) is 23.4 Å². The van der Waals surface area contributed by atoms with E-state index in [9.17, 15) is 0 Å². The third kappa shape index (κ3) is 6.82. The molecular weight excluding hydrogens is 282 g/mol. The SMILES string of the molecule is CCCCCCC(C)OC(c1ccc(Cl)cc1)C(N)CC. The van der Waals surface area contributed by atoms with Gasteiger partial charge in [-0.2, -0.15) is 0 Å². The second-order valence-corrected chi connectivity index (χ2v) is 6.28. The normalized spacial score (nSPS) is 15.7. The zero-order valence-electron chi connectivity index (χ0n) is 13.6. The molecule has 0 bridgehead atoms. The van der Waals surface area contributed by atoms with Crippen molar-refractivity contribution in [3.05, 3.63) is 34.9 Å². The summed E-state index contributed by atoms with van der Waals surface area (Å²) in [5.41, 5.74) is 7.37. The molecule has 0 aliphatic carbocycles. The average molecular weight is 312 g/mol. The van der Waals surface area contributed by atoms with Crippen LogP contribution in [0.3, 0.4) is 0 Å². The van der Waals surface area contributed by atoms with Crippen molar-refractivity contribution < 1.29 is 4.74 Å². The molecule has 120 valence electrons. The lowest BCUT2D eigenvalue weighted by atomic mass is 10.0. The Balaban J connectivity index is 2.59. The Kier molecular flexibility index (Phi) is 8.98. The van der Waals surface area contributed by atoms with Crippen LogP contribution in [0.2, 0.25) is 5.02 Å². The van der Waals surface area contributed by atoms with Gasteiger partial charge in [-0.05, 0) is 37.5 Å². The molecule has 3 unspecified atom stereocenters. The Morgan fingerprint density at radius 3 is 2.33 bits per heavy atom. The summed E-state index contributed by atoms with van der Waals surface area (Å²) >= 11 is 5.96. The van der Waals surface area contributed by atoms with Gasteiger partial charge in [-0.25, -0.2) is 0 Å². The predicted octanol–water partition coefficient (Wildman–Crippen LogP) is 5.49. The van der Waals surface area contributed by atoms with Gasteiger partial charge in [0.1, 0.15) is 0 Å². The summed E-state index contributed by atoms with van der Waals surface area (Å²) in [4.78, 5) is 0. The minimum atomic E-state index is -0.0477. The number of hydrogen-bond acceptors (Lipinski definition) is 2. The first-order valence-corrected chi connectivity index (χ1v) is 8.62. The van der Waals surface area contributed by atoms with Crippen molar-refractivity contribution in [2.24, 2.45) is 5.73 Å². The third-order valence-corrected chi connectivity index (χ3v) is 4.15. The van der Waals surface area contributed by atoms with Crippen molar-refractivity contribution in [2.75, 3.05) is 0 Å². The van der Waals surface area contributed by atoms with Gasteiger partial charge in [-0.3, -0.25) is 0 Å². The van der Waals surface area contributed by atoms with Gasteiger partial charge in [0, 0.05) is 11.1 Å². The quantitative estimate of drug-likeness (QED) is 0.579. The van der Waals surface area contributed by atoms with E-state index >= 15 is 0 Å². The zero-order chi connectivity index (χ0) is 15.7. The lowest BCUT2D eigenvalue weighted by Crippen LogP contribution is -2.31. The maximum Gasteiger partial charge on any atom is 0.0979 e. The van der Waals surface area contributed by atoms with Crippen molar-refractivity contribution in [2.45, 2.75) is 77.5 Å². The third-order valence-electron chi connectivity index (χ3n) is 3.90. The highest BCUT2D eigenvalue weighted by Crippen LogP contribution is 2.26. The standard InChI is InChI=1S/C18H30ClNO/c1-4-6-7-8-9-14(3)21-18(17(20)5-2)15-10-12-16(19)13-11-15/h10-14,17-18H,4-9,20H2,1-3H3. The minimum Gasteiger partial charge on any atom is -0.369 e. The number of unbranched alkanes of at least 4 members (excludes halogenated alkanes) is 3. The molecule has 0 amide bonds. The van der Waals surface area contributed by atoms with Gasteiger partial charge in [0.2, 0.25) is 0 Å². The van der Waals surface area contributed by atoms with Crippen LogP contribution < -0.4 is 5.73 Å². The maximum absolute atomic E-state index is 6.25. The van der Waals surface area contributed by atoms with E-state index in [0.29, 0.717) is 0 Å². The molecule has 0 saturated heterocycles. The number of rotatable bonds is 10. The van der Waals surface area contributed by atoms with E-state index in [1.54, 1.807) is 0 Å². The second kappa shape index (κ2) is 10.2. The summed E-state index contributed by atoms with van der Waals surface area (Å²) in [6.07, 6.45) is 7.27. The monoisotopic (exact) mass is 311 g/mol. The smallest absolute Gasteiger partial charge is 0.0979 e. The van der Waals surface area contributed by atoms with Crippen molar-refractivity contribution >= 4 is 11.6 Å². The van der Waals surface area contributed by atoms with Crippen LogP contribution in [0.4, 0.5) is 0 Å². The number of ether oxygens (including phenoxy) is 1. The first kappa shape index (κ1) is 18.5. The zero-order valence-corrected chi connectivity index (χ0v) is 14.4. The van der Waals surface area contributed by atoms with Crippen molar-refractivity contribution in [3.63, 3.8) is 0 Å². The molecule has 2 nitrogen and oxygen atoms in total. The highest BCUT2D eigenvalue weighted by atomic mass is 35.5. The molecule has 0 fully saturated rings. The van der Waals surface area contributed by atoms with Crippen LogP contribution in [0.5, 0.6) is 0 Å². The van der Waals surface area contributed by atoms with Crippen LogP contribution in [0.1, 0.15) is 71.0 Å². The van der Waals surface area contributed by atoms with Crippen molar-refractivity contribution in [3.8, 4) is 0 Å². The Morgan fingerprint density at radius 1 is 1.10 bits per heavy atom. The van der Waals surface area contributed by atoms with E-state index in [1.807, 2.05) is 24.3 Å². The molecule has 1 aromatic rings. The van der Waals surface area contributed by atoms with Gasteiger partial charge in [0.15, 0.2) is 0 Å². The maximum atomic E-state index is 6.25. The highest BCUT2D eigenvalue weighted by molar-refractivity contribution is 6.30. The van der Waals surface area contributed by atoms with Crippen molar-refractivity contribution in [1.29, 1.82) is 0 Å². The second-order valence-electron chi connectivity index (χ2n) is 5.84. The predicted molar refractivity (Wildman–Crippen MR) is 91.8 cm³/mol. The summed E-state index contributed by atoms with van der Waals surface area (Å²) in [6, 6.07) is 7.87. The van der Waals surface area contributed by atoms with E-state index < -0.39 is 0 Å². The molecular formula is C18H30ClNO. The van der Waals surface area contributed by atoms with Crippen LogP contribution in [-0.4, -0.2) is 12.1 Å². The summed E-state index contributed by atoms with van der Waals surface area (Å²) in [5, 5.41) is 0.746. The Hall–Kier alpha value is -0.570. The van der Waals surface area contributed by atoms with Crippen LogP contribution in [0, 0.1) is 0 Å². The van der Waals surface area contributed by atoms with Gasteiger partial charge < -0.3 is 10.5 Å². The molecule has 0 aliphatic heterocycles. The molecule has 1 rings (SSSR count). The summed E-state index contributed by atoms with van der Waals surface area (Å²) in [7, 11) is 0. The van der Waals surface area contributed by atoms with Gasteiger partial charge >= 0.3 is 0 Å². The molecule has 21 heavy (non-hydrogen) atoms. The van der Waals surface area contributed by atoms with E-state index in [1.165, 1.54) is 25.7 Å². The lowest BCUT2D eigenvalue weighted by molar-refractivity contribution is -0.0229.